The lowest BCUT2D eigenvalue weighted by Crippen LogP contribution is -2.35. The van der Waals surface area contributed by atoms with Gasteiger partial charge in [0.2, 0.25) is 0 Å². The third-order valence-electron chi connectivity index (χ3n) is 3.58. The molecule has 1 aromatic rings. The Hall–Kier alpha value is -1.12. The van der Waals surface area contributed by atoms with E-state index in [1.165, 1.54) is 6.92 Å². The van der Waals surface area contributed by atoms with Crippen molar-refractivity contribution in [3.8, 4) is 0 Å². The van der Waals surface area contributed by atoms with Crippen LogP contribution in [0.25, 0.3) is 0 Å². The van der Waals surface area contributed by atoms with Gasteiger partial charge in [-0.3, -0.25) is 4.79 Å². The second-order valence-corrected chi connectivity index (χ2v) is 8.37. The van der Waals surface area contributed by atoms with Gasteiger partial charge in [0.15, 0.2) is 15.6 Å². The van der Waals surface area contributed by atoms with Crippen molar-refractivity contribution < 1.29 is 13.2 Å². The molecule has 21 heavy (non-hydrogen) atoms. The molecule has 1 aliphatic heterocycles. The number of Topliss-reactive ketones (excluding diaryl/α,β-unsaturated/α-hetero) is 1. The van der Waals surface area contributed by atoms with Crippen molar-refractivity contribution in [3.63, 3.8) is 0 Å². The van der Waals surface area contributed by atoms with Crippen molar-refractivity contribution in [1.29, 1.82) is 0 Å². The number of hydrogen-bond acceptors (Lipinski definition) is 7. The molecular weight excluding hydrogens is 310 g/mol. The van der Waals surface area contributed by atoms with Crippen molar-refractivity contribution in [2.45, 2.75) is 37.6 Å². The van der Waals surface area contributed by atoms with Crippen molar-refractivity contribution in [2.24, 2.45) is 0 Å². The summed E-state index contributed by atoms with van der Waals surface area (Å²) in [5, 5.41) is 7.04. The third kappa shape index (κ3) is 3.38. The highest BCUT2D eigenvalue weighted by molar-refractivity contribution is 7.91. The molecule has 2 heterocycles. The topological polar surface area (TPSA) is 101 Å². The van der Waals surface area contributed by atoms with Crippen molar-refractivity contribution in [1.82, 2.24) is 5.32 Å². The van der Waals surface area contributed by atoms with Gasteiger partial charge in [0, 0.05) is 13.0 Å². The predicted molar refractivity (Wildman–Crippen MR) is 86.0 cm³/mol. The molecule has 118 valence electrons. The number of carbonyl (C=O) groups excluding carboxylic acids is 1. The molecular formula is C13H21N3O3S2. The zero-order valence-corrected chi connectivity index (χ0v) is 13.9. The van der Waals surface area contributed by atoms with E-state index in [4.69, 9.17) is 5.73 Å². The van der Waals surface area contributed by atoms with Crippen LogP contribution in [0.5, 0.6) is 0 Å². The number of piperidine rings is 1. The maximum Gasteiger partial charge on any atom is 0.183 e. The fourth-order valence-corrected chi connectivity index (χ4v) is 5.02. The summed E-state index contributed by atoms with van der Waals surface area (Å²) in [4.78, 5) is 12.1. The third-order valence-corrected chi connectivity index (χ3v) is 6.76. The molecule has 4 N–H and O–H groups in total. The molecule has 1 saturated heterocycles. The number of carbonyl (C=O) groups is 1. The summed E-state index contributed by atoms with van der Waals surface area (Å²) >= 11 is 1.14. The van der Waals surface area contributed by atoms with Gasteiger partial charge >= 0.3 is 0 Å². The minimum Gasteiger partial charge on any atom is -0.396 e. The summed E-state index contributed by atoms with van der Waals surface area (Å²) in [5.41, 5.74) is 6.02. The second-order valence-electron chi connectivity index (χ2n) is 5.13. The summed E-state index contributed by atoms with van der Waals surface area (Å²) < 4.78 is 24.6. The zero-order valence-electron chi connectivity index (χ0n) is 12.2. The summed E-state index contributed by atoms with van der Waals surface area (Å²) in [6, 6.07) is 0.204. The van der Waals surface area contributed by atoms with Crippen LogP contribution in [0.15, 0.2) is 4.90 Å². The number of hydrogen-bond donors (Lipinski definition) is 3. The van der Waals surface area contributed by atoms with Crippen LogP contribution in [-0.2, 0) is 9.84 Å². The quantitative estimate of drug-likeness (QED) is 0.707. The predicted octanol–water partition coefficient (Wildman–Crippen LogP) is 1.49. The fourth-order valence-electron chi connectivity index (χ4n) is 2.39. The maximum atomic E-state index is 12.3. The number of nitrogens with two attached hydrogens (primary N) is 1. The number of thiophene rings is 1. The molecule has 1 aromatic heterocycles. The highest BCUT2D eigenvalue weighted by Crippen LogP contribution is 2.40. The van der Waals surface area contributed by atoms with Crippen LogP contribution >= 0.6 is 11.3 Å². The molecule has 0 spiro atoms. The molecule has 8 heteroatoms. The molecule has 0 radical (unpaired) electrons. The van der Waals surface area contributed by atoms with Gasteiger partial charge in [-0.05, 0) is 25.9 Å². The maximum absolute atomic E-state index is 12.3. The van der Waals surface area contributed by atoms with Crippen LogP contribution in [0, 0.1) is 0 Å². The summed E-state index contributed by atoms with van der Waals surface area (Å²) in [6.07, 6.45) is 1.83. The number of nitrogens with one attached hydrogen (secondary N) is 2. The Bertz CT molecular complexity index is 631. The lowest BCUT2D eigenvalue weighted by molar-refractivity contribution is 0.102. The van der Waals surface area contributed by atoms with Gasteiger partial charge in [-0.15, -0.1) is 11.3 Å². The lowest BCUT2D eigenvalue weighted by Gasteiger charge is -2.24. The first-order valence-corrected chi connectivity index (χ1v) is 9.47. The Kier molecular flexibility index (Phi) is 4.90. The Morgan fingerprint density at radius 3 is 2.57 bits per heavy atom. The number of anilines is 2. The SMILES string of the molecule is CCS(=O)(=O)c1c(NC2CCNCC2)sc(C(C)=O)c1N. The Labute approximate surface area is 129 Å². The molecule has 2 rings (SSSR count). The standard InChI is InChI=1S/C13H21N3O3S2/c1-3-21(18,19)12-10(14)11(8(2)17)20-13(12)16-9-4-6-15-7-5-9/h9,15-16H,3-7,14H2,1-2H3. The molecule has 1 aliphatic rings. The Balaban J connectivity index is 2.43. The molecule has 0 saturated carbocycles. The summed E-state index contributed by atoms with van der Waals surface area (Å²) in [6.45, 7) is 4.77. The van der Waals surface area contributed by atoms with Gasteiger partial charge in [-0.25, -0.2) is 8.42 Å². The van der Waals surface area contributed by atoms with E-state index in [9.17, 15) is 13.2 Å². The highest BCUT2D eigenvalue weighted by atomic mass is 32.2. The average molecular weight is 331 g/mol. The Morgan fingerprint density at radius 1 is 1.43 bits per heavy atom. The molecule has 1 fully saturated rings. The van der Waals surface area contributed by atoms with Crippen LogP contribution < -0.4 is 16.4 Å². The van der Waals surface area contributed by atoms with Gasteiger partial charge in [0.05, 0.1) is 16.3 Å². The molecule has 6 nitrogen and oxygen atoms in total. The fraction of sp³-hybridized carbons (Fsp3) is 0.615. The number of sulfone groups is 1. The van der Waals surface area contributed by atoms with Crippen LogP contribution in [-0.4, -0.2) is 39.1 Å². The van der Waals surface area contributed by atoms with E-state index in [0.29, 0.717) is 9.88 Å². The number of nitrogen functional groups attached to an aromatic ring is 1. The summed E-state index contributed by atoms with van der Waals surface area (Å²) in [7, 11) is -3.47. The van der Waals surface area contributed by atoms with Crippen LogP contribution in [0.3, 0.4) is 0 Å². The van der Waals surface area contributed by atoms with E-state index in [2.05, 4.69) is 10.6 Å². The van der Waals surface area contributed by atoms with E-state index < -0.39 is 9.84 Å². The van der Waals surface area contributed by atoms with Gasteiger partial charge in [0.1, 0.15) is 9.90 Å². The first-order valence-electron chi connectivity index (χ1n) is 7.00. The molecule has 0 amide bonds. The summed E-state index contributed by atoms with van der Waals surface area (Å²) in [5.74, 6) is -0.241. The molecule has 0 unspecified atom stereocenters. The lowest BCUT2D eigenvalue weighted by atomic mass is 10.1. The first kappa shape index (κ1) is 16.3. The van der Waals surface area contributed by atoms with Crippen LogP contribution in [0.2, 0.25) is 0 Å². The monoisotopic (exact) mass is 331 g/mol. The molecule has 0 bridgehead atoms. The molecule has 0 aromatic carbocycles. The van der Waals surface area contributed by atoms with Gasteiger partial charge in [-0.1, -0.05) is 6.92 Å². The normalized spacial score (nSPS) is 16.9. The van der Waals surface area contributed by atoms with Crippen molar-refractivity contribution >= 4 is 37.6 Å². The number of rotatable bonds is 5. The van der Waals surface area contributed by atoms with Crippen LogP contribution in [0.1, 0.15) is 36.4 Å². The van der Waals surface area contributed by atoms with Crippen molar-refractivity contribution in [2.75, 3.05) is 29.9 Å². The van der Waals surface area contributed by atoms with Crippen LogP contribution in [0.4, 0.5) is 10.7 Å². The van der Waals surface area contributed by atoms with Gasteiger partial charge < -0.3 is 16.4 Å². The largest absolute Gasteiger partial charge is 0.396 e. The average Bonchev–Trinajstić information content (AvgIpc) is 2.77. The van der Waals surface area contributed by atoms with E-state index in [0.717, 1.165) is 37.3 Å². The zero-order chi connectivity index (χ0) is 15.6. The van der Waals surface area contributed by atoms with E-state index in [1.54, 1.807) is 6.92 Å². The van der Waals surface area contributed by atoms with Crippen molar-refractivity contribution in [3.05, 3.63) is 4.88 Å². The highest BCUT2D eigenvalue weighted by Gasteiger charge is 2.28. The van der Waals surface area contributed by atoms with E-state index >= 15 is 0 Å². The number of ketones is 1. The molecule has 0 aliphatic carbocycles. The van der Waals surface area contributed by atoms with E-state index in [-0.39, 0.29) is 28.2 Å². The first-order chi connectivity index (χ1) is 9.86. The molecule has 0 atom stereocenters. The van der Waals surface area contributed by atoms with Gasteiger partial charge in [0.25, 0.3) is 0 Å². The second kappa shape index (κ2) is 6.33. The smallest absolute Gasteiger partial charge is 0.183 e. The Morgan fingerprint density at radius 2 is 2.05 bits per heavy atom. The van der Waals surface area contributed by atoms with Gasteiger partial charge in [-0.2, -0.15) is 0 Å². The van der Waals surface area contributed by atoms with E-state index in [1.807, 2.05) is 0 Å². The minimum absolute atomic E-state index is 0.0355. The minimum atomic E-state index is -3.47.